The topological polar surface area (TPSA) is 90.7 Å². The number of primary amides is 1. The molecule has 6 nitrogen and oxygen atoms in total. The Morgan fingerprint density at radius 3 is 2.50 bits per heavy atom. The van der Waals surface area contributed by atoms with Crippen molar-refractivity contribution in [2.45, 2.75) is 26.8 Å². The Kier molecular flexibility index (Phi) is 6.22. The van der Waals surface area contributed by atoms with Crippen molar-refractivity contribution in [3.05, 3.63) is 58.7 Å². The van der Waals surface area contributed by atoms with Crippen molar-refractivity contribution in [2.24, 2.45) is 5.73 Å². The first-order valence-corrected chi connectivity index (χ1v) is 8.29. The van der Waals surface area contributed by atoms with Gasteiger partial charge < -0.3 is 20.5 Å². The van der Waals surface area contributed by atoms with Gasteiger partial charge in [0.1, 0.15) is 0 Å². The van der Waals surface area contributed by atoms with Crippen LogP contribution in [-0.2, 0) is 4.79 Å². The monoisotopic (exact) mass is 356 g/mol. The molecular weight excluding hydrogens is 332 g/mol. The summed E-state index contributed by atoms with van der Waals surface area (Å²) >= 11 is 0. The van der Waals surface area contributed by atoms with E-state index in [1.54, 1.807) is 18.2 Å². The summed E-state index contributed by atoms with van der Waals surface area (Å²) < 4.78 is 10.5. The summed E-state index contributed by atoms with van der Waals surface area (Å²) in [6, 6.07) is 10.8. The van der Waals surface area contributed by atoms with E-state index in [0.717, 1.165) is 16.7 Å². The fourth-order valence-corrected chi connectivity index (χ4v) is 2.66. The molecule has 0 aliphatic rings. The normalized spacial score (nSPS) is 11.5. The average Bonchev–Trinajstić information content (AvgIpc) is 2.61. The quantitative estimate of drug-likeness (QED) is 0.798. The molecule has 2 aromatic carbocycles. The second-order valence-corrected chi connectivity index (χ2v) is 6.18. The Morgan fingerprint density at radius 2 is 1.85 bits per heavy atom. The number of amides is 2. The predicted molar refractivity (Wildman–Crippen MR) is 99.5 cm³/mol. The van der Waals surface area contributed by atoms with Crippen LogP contribution in [-0.4, -0.2) is 25.5 Å². The molecule has 0 heterocycles. The summed E-state index contributed by atoms with van der Waals surface area (Å²) in [6.07, 6.45) is 0. The molecule has 0 aromatic heterocycles. The third kappa shape index (κ3) is 4.75. The van der Waals surface area contributed by atoms with Crippen LogP contribution in [0.25, 0.3) is 0 Å². The average molecular weight is 356 g/mol. The molecule has 0 aliphatic carbocycles. The van der Waals surface area contributed by atoms with Gasteiger partial charge in [-0.3, -0.25) is 9.59 Å². The number of aryl methyl sites for hydroxylation is 2. The number of carbonyl (C=O) groups excluding carboxylic acids is 2. The van der Waals surface area contributed by atoms with Gasteiger partial charge in [0.2, 0.25) is 0 Å². The molecule has 0 bridgehead atoms. The number of rotatable bonds is 7. The highest BCUT2D eigenvalue weighted by Crippen LogP contribution is 2.28. The van der Waals surface area contributed by atoms with E-state index in [0.29, 0.717) is 17.1 Å². The van der Waals surface area contributed by atoms with E-state index in [4.69, 9.17) is 15.2 Å². The van der Waals surface area contributed by atoms with Gasteiger partial charge in [-0.05, 0) is 50.1 Å². The second kappa shape index (κ2) is 8.38. The molecule has 2 aromatic rings. The lowest BCUT2D eigenvalue weighted by Crippen LogP contribution is -2.27. The number of benzene rings is 2. The molecule has 1 atom stereocenters. The van der Waals surface area contributed by atoms with Gasteiger partial charge in [0.05, 0.1) is 13.2 Å². The van der Waals surface area contributed by atoms with E-state index in [2.05, 4.69) is 11.4 Å². The van der Waals surface area contributed by atoms with Crippen molar-refractivity contribution in [2.75, 3.05) is 13.7 Å². The van der Waals surface area contributed by atoms with Gasteiger partial charge in [-0.2, -0.15) is 0 Å². The minimum Gasteiger partial charge on any atom is -0.493 e. The van der Waals surface area contributed by atoms with Crippen LogP contribution in [0.1, 0.15) is 40.0 Å². The fourth-order valence-electron chi connectivity index (χ4n) is 2.66. The molecule has 0 spiro atoms. The van der Waals surface area contributed by atoms with Crippen molar-refractivity contribution < 1.29 is 19.1 Å². The molecule has 2 rings (SSSR count). The molecule has 0 radical (unpaired) electrons. The van der Waals surface area contributed by atoms with E-state index in [1.807, 2.05) is 32.9 Å². The molecule has 3 N–H and O–H groups in total. The van der Waals surface area contributed by atoms with Gasteiger partial charge in [-0.15, -0.1) is 0 Å². The SMILES string of the molecule is COc1cc(C(=O)N[C@H](C)c2cc(C)ccc2C)ccc1OCC(N)=O. The molecule has 0 unspecified atom stereocenters. The lowest BCUT2D eigenvalue weighted by atomic mass is 9.99. The molecule has 2 amide bonds. The van der Waals surface area contributed by atoms with E-state index < -0.39 is 5.91 Å². The summed E-state index contributed by atoms with van der Waals surface area (Å²) in [5.41, 5.74) is 8.85. The second-order valence-electron chi connectivity index (χ2n) is 6.18. The van der Waals surface area contributed by atoms with Gasteiger partial charge >= 0.3 is 0 Å². The lowest BCUT2D eigenvalue weighted by Gasteiger charge is -2.18. The van der Waals surface area contributed by atoms with Gasteiger partial charge in [0, 0.05) is 5.56 Å². The van der Waals surface area contributed by atoms with Crippen LogP contribution < -0.4 is 20.5 Å². The summed E-state index contributed by atoms with van der Waals surface area (Å²) in [7, 11) is 1.47. The Labute approximate surface area is 153 Å². The largest absolute Gasteiger partial charge is 0.493 e. The molecule has 138 valence electrons. The van der Waals surface area contributed by atoms with E-state index >= 15 is 0 Å². The van der Waals surface area contributed by atoms with Crippen LogP contribution >= 0.6 is 0 Å². The standard InChI is InChI=1S/C20H24N2O4/c1-12-5-6-13(2)16(9-12)14(3)22-20(24)15-7-8-17(18(10-15)25-4)26-11-19(21)23/h5-10,14H,11H2,1-4H3,(H2,21,23)(H,22,24)/t14-/m1/s1. The maximum atomic E-state index is 12.6. The Hall–Kier alpha value is -3.02. The van der Waals surface area contributed by atoms with Gasteiger partial charge in [-0.1, -0.05) is 23.8 Å². The highest BCUT2D eigenvalue weighted by atomic mass is 16.5. The zero-order chi connectivity index (χ0) is 19.3. The molecule has 6 heteroatoms. The third-order valence-electron chi connectivity index (χ3n) is 4.04. The number of hydrogen-bond acceptors (Lipinski definition) is 4. The molecule has 0 fully saturated rings. The molecule has 0 aliphatic heterocycles. The van der Waals surface area contributed by atoms with Gasteiger partial charge in [0.25, 0.3) is 11.8 Å². The van der Waals surface area contributed by atoms with E-state index in [9.17, 15) is 9.59 Å². The van der Waals surface area contributed by atoms with E-state index in [1.165, 1.54) is 7.11 Å². The maximum absolute atomic E-state index is 12.6. The number of methoxy groups -OCH3 is 1. The summed E-state index contributed by atoms with van der Waals surface area (Å²) in [4.78, 5) is 23.4. The minimum atomic E-state index is -0.587. The van der Waals surface area contributed by atoms with Crippen LogP contribution in [0.15, 0.2) is 36.4 Å². The van der Waals surface area contributed by atoms with Crippen molar-refractivity contribution in [1.29, 1.82) is 0 Å². The highest BCUT2D eigenvalue weighted by molar-refractivity contribution is 5.95. The molecule has 0 saturated carbocycles. The van der Waals surface area contributed by atoms with Crippen molar-refractivity contribution in [3.8, 4) is 11.5 Å². The Balaban J connectivity index is 2.16. The molecular formula is C20H24N2O4. The minimum absolute atomic E-state index is 0.140. The van der Waals surface area contributed by atoms with Gasteiger partial charge in [0.15, 0.2) is 18.1 Å². The fraction of sp³-hybridized carbons (Fsp3) is 0.300. The lowest BCUT2D eigenvalue weighted by molar-refractivity contribution is -0.119. The highest BCUT2D eigenvalue weighted by Gasteiger charge is 2.16. The van der Waals surface area contributed by atoms with Crippen molar-refractivity contribution >= 4 is 11.8 Å². The van der Waals surface area contributed by atoms with Crippen LogP contribution in [0.2, 0.25) is 0 Å². The summed E-state index contributed by atoms with van der Waals surface area (Å²) in [5.74, 6) is -0.0990. The van der Waals surface area contributed by atoms with Crippen LogP contribution in [0.5, 0.6) is 11.5 Å². The molecule has 0 saturated heterocycles. The van der Waals surface area contributed by atoms with Crippen molar-refractivity contribution in [1.82, 2.24) is 5.32 Å². The number of carbonyl (C=O) groups is 2. The number of nitrogens with one attached hydrogen (secondary N) is 1. The Morgan fingerprint density at radius 1 is 1.12 bits per heavy atom. The van der Waals surface area contributed by atoms with Gasteiger partial charge in [-0.25, -0.2) is 0 Å². The first kappa shape index (κ1) is 19.3. The van der Waals surface area contributed by atoms with Crippen LogP contribution in [0, 0.1) is 13.8 Å². The van der Waals surface area contributed by atoms with Crippen LogP contribution in [0.4, 0.5) is 0 Å². The van der Waals surface area contributed by atoms with E-state index in [-0.39, 0.29) is 18.6 Å². The zero-order valence-electron chi connectivity index (χ0n) is 15.5. The number of ether oxygens (including phenoxy) is 2. The van der Waals surface area contributed by atoms with Crippen molar-refractivity contribution in [3.63, 3.8) is 0 Å². The summed E-state index contributed by atoms with van der Waals surface area (Å²) in [6.45, 7) is 5.73. The number of hydrogen-bond donors (Lipinski definition) is 2. The first-order chi connectivity index (χ1) is 12.3. The summed E-state index contributed by atoms with van der Waals surface area (Å²) in [5, 5.41) is 2.99. The number of nitrogens with two attached hydrogens (primary N) is 1. The first-order valence-electron chi connectivity index (χ1n) is 8.29. The predicted octanol–water partition coefficient (Wildman–Crippen LogP) is 2.67. The third-order valence-corrected chi connectivity index (χ3v) is 4.04. The zero-order valence-corrected chi connectivity index (χ0v) is 15.5. The molecule has 26 heavy (non-hydrogen) atoms. The maximum Gasteiger partial charge on any atom is 0.255 e. The van der Waals surface area contributed by atoms with Crippen LogP contribution in [0.3, 0.4) is 0 Å². The smallest absolute Gasteiger partial charge is 0.255 e. The Bertz CT molecular complexity index is 817.